The van der Waals surface area contributed by atoms with E-state index >= 15 is 0 Å². The van der Waals surface area contributed by atoms with Gasteiger partial charge in [0.1, 0.15) is 5.82 Å². The molecule has 1 aromatic heterocycles. The largest absolute Gasteiger partial charge is 0.355 e. The van der Waals surface area contributed by atoms with Crippen LogP contribution in [0.25, 0.3) is 0 Å². The summed E-state index contributed by atoms with van der Waals surface area (Å²) < 4.78 is 0. The molecule has 0 aliphatic heterocycles. The van der Waals surface area contributed by atoms with E-state index in [0.717, 1.165) is 18.1 Å². The SMILES string of the molecule is CN(Cc1ccccc1)c1ccnc(Nc2ccc(Cl)c(Cl)c2)n1. The summed E-state index contributed by atoms with van der Waals surface area (Å²) in [4.78, 5) is 10.9. The highest BCUT2D eigenvalue weighted by Crippen LogP contribution is 2.26. The molecule has 3 rings (SSSR count). The monoisotopic (exact) mass is 358 g/mol. The van der Waals surface area contributed by atoms with E-state index in [4.69, 9.17) is 23.2 Å². The number of hydrogen-bond acceptors (Lipinski definition) is 4. The summed E-state index contributed by atoms with van der Waals surface area (Å²) in [5.74, 6) is 1.34. The minimum atomic E-state index is 0.485. The molecule has 0 spiro atoms. The number of aromatic nitrogens is 2. The van der Waals surface area contributed by atoms with Gasteiger partial charge in [0.25, 0.3) is 0 Å². The summed E-state index contributed by atoms with van der Waals surface area (Å²) in [6.45, 7) is 0.768. The number of benzene rings is 2. The summed E-state index contributed by atoms with van der Waals surface area (Å²) in [6, 6.07) is 17.4. The average molecular weight is 359 g/mol. The first-order valence-electron chi connectivity index (χ1n) is 7.42. The van der Waals surface area contributed by atoms with E-state index in [9.17, 15) is 0 Å². The van der Waals surface area contributed by atoms with Crippen LogP contribution in [0.4, 0.5) is 17.5 Å². The minimum Gasteiger partial charge on any atom is -0.355 e. The molecular weight excluding hydrogens is 343 g/mol. The van der Waals surface area contributed by atoms with E-state index in [-0.39, 0.29) is 0 Å². The molecule has 2 aromatic carbocycles. The maximum absolute atomic E-state index is 6.03. The van der Waals surface area contributed by atoms with Crippen molar-refractivity contribution >= 4 is 40.7 Å². The van der Waals surface area contributed by atoms with Crippen LogP contribution < -0.4 is 10.2 Å². The number of rotatable bonds is 5. The lowest BCUT2D eigenvalue weighted by Crippen LogP contribution is -2.18. The van der Waals surface area contributed by atoms with Crippen molar-refractivity contribution in [1.29, 1.82) is 0 Å². The highest BCUT2D eigenvalue weighted by molar-refractivity contribution is 6.42. The van der Waals surface area contributed by atoms with Crippen molar-refractivity contribution < 1.29 is 0 Å². The highest BCUT2D eigenvalue weighted by atomic mass is 35.5. The third-order valence-corrected chi connectivity index (χ3v) is 4.21. The molecule has 1 heterocycles. The van der Waals surface area contributed by atoms with Crippen molar-refractivity contribution in [2.45, 2.75) is 6.54 Å². The molecule has 0 saturated carbocycles. The van der Waals surface area contributed by atoms with Gasteiger partial charge >= 0.3 is 0 Å². The molecule has 0 saturated heterocycles. The standard InChI is InChI=1S/C18H16Cl2N4/c1-24(12-13-5-3-2-4-6-13)17-9-10-21-18(23-17)22-14-7-8-15(19)16(20)11-14/h2-11H,12H2,1H3,(H,21,22,23). The number of nitrogens with zero attached hydrogens (tertiary/aromatic N) is 3. The van der Waals surface area contributed by atoms with Crippen LogP contribution in [0, 0.1) is 0 Å². The first kappa shape index (κ1) is 16.6. The Hall–Kier alpha value is -2.30. The molecule has 3 aromatic rings. The second-order valence-corrected chi connectivity index (χ2v) is 6.15. The summed E-state index contributed by atoms with van der Waals surface area (Å²) in [5, 5.41) is 4.14. The molecule has 0 bridgehead atoms. The van der Waals surface area contributed by atoms with Gasteiger partial charge in [-0.2, -0.15) is 4.98 Å². The Morgan fingerprint density at radius 2 is 1.79 bits per heavy atom. The Kier molecular flexibility index (Phi) is 5.18. The van der Waals surface area contributed by atoms with E-state index in [2.05, 4.69) is 32.3 Å². The lowest BCUT2D eigenvalue weighted by molar-refractivity contribution is 0.893. The van der Waals surface area contributed by atoms with E-state index in [1.165, 1.54) is 5.56 Å². The fraction of sp³-hybridized carbons (Fsp3) is 0.111. The lowest BCUT2D eigenvalue weighted by atomic mass is 10.2. The third kappa shape index (κ3) is 4.16. The van der Waals surface area contributed by atoms with Crippen molar-refractivity contribution in [2.24, 2.45) is 0 Å². The molecule has 0 atom stereocenters. The third-order valence-electron chi connectivity index (χ3n) is 3.47. The average Bonchev–Trinajstić information content (AvgIpc) is 2.59. The summed E-state index contributed by atoms with van der Waals surface area (Å²) in [6.07, 6.45) is 1.73. The van der Waals surface area contributed by atoms with Crippen molar-refractivity contribution in [3.8, 4) is 0 Å². The Labute approximate surface area is 151 Å². The molecular formula is C18H16Cl2N4. The van der Waals surface area contributed by atoms with Gasteiger partial charge < -0.3 is 10.2 Å². The fourth-order valence-corrected chi connectivity index (χ4v) is 2.56. The van der Waals surface area contributed by atoms with E-state index in [1.54, 1.807) is 18.3 Å². The van der Waals surface area contributed by atoms with E-state index in [0.29, 0.717) is 16.0 Å². The van der Waals surface area contributed by atoms with Crippen LogP contribution in [0.2, 0.25) is 10.0 Å². The van der Waals surface area contributed by atoms with Crippen LogP contribution in [-0.2, 0) is 6.54 Å². The van der Waals surface area contributed by atoms with Gasteiger partial charge in [0.15, 0.2) is 0 Å². The zero-order valence-corrected chi connectivity index (χ0v) is 14.6. The lowest BCUT2D eigenvalue weighted by Gasteiger charge is -2.18. The Balaban J connectivity index is 1.74. The normalized spacial score (nSPS) is 10.5. The fourth-order valence-electron chi connectivity index (χ4n) is 2.26. The zero-order valence-electron chi connectivity index (χ0n) is 13.1. The Morgan fingerprint density at radius 1 is 1.00 bits per heavy atom. The molecule has 0 fully saturated rings. The van der Waals surface area contributed by atoms with Gasteiger partial charge in [-0.3, -0.25) is 0 Å². The van der Waals surface area contributed by atoms with Crippen LogP contribution in [0.5, 0.6) is 0 Å². The quantitative estimate of drug-likeness (QED) is 0.683. The van der Waals surface area contributed by atoms with Crippen LogP contribution >= 0.6 is 23.2 Å². The summed E-state index contributed by atoms with van der Waals surface area (Å²) in [5.41, 5.74) is 2.00. The molecule has 6 heteroatoms. The first-order chi connectivity index (χ1) is 11.6. The maximum Gasteiger partial charge on any atom is 0.229 e. The second-order valence-electron chi connectivity index (χ2n) is 5.33. The minimum absolute atomic E-state index is 0.485. The topological polar surface area (TPSA) is 41.1 Å². The smallest absolute Gasteiger partial charge is 0.229 e. The van der Waals surface area contributed by atoms with E-state index < -0.39 is 0 Å². The summed E-state index contributed by atoms with van der Waals surface area (Å²) in [7, 11) is 2.00. The molecule has 0 amide bonds. The van der Waals surface area contributed by atoms with Crippen molar-refractivity contribution in [3.05, 3.63) is 76.4 Å². The van der Waals surface area contributed by atoms with Crippen LogP contribution in [0.15, 0.2) is 60.8 Å². The van der Waals surface area contributed by atoms with Gasteiger partial charge in [-0.05, 0) is 29.8 Å². The van der Waals surface area contributed by atoms with Gasteiger partial charge in [-0.25, -0.2) is 4.98 Å². The predicted molar refractivity (Wildman–Crippen MR) is 100 cm³/mol. The van der Waals surface area contributed by atoms with Crippen molar-refractivity contribution in [2.75, 3.05) is 17.3 Å². The van der Waals surface area contributed by atoms with Crippen LogP contribution in [0.3, 0.4) is 0 Å². The number of hydrogen-bond donors (Lipinski definition) is 1. The zero-order chi connectivity index (χ0) is 16.9. The predicted octanol–water partition coefficient (Wildman–Crippen LogP) is 5.16. The molecule has 0 aliphatic carbocycles. The van der Waals surface area contributed by atoms with Gasteiger partial charge in [0.05, 0.1) is 10.0 Å². The maximum atomic E-state index is 6.03. The molecule has 0 unspecified atom stereocenters. The van der Waals surface area contributed by atoms with Crippen LogP contribution in [-0.4, -0.2) is 17.0 Å². The molecule has 0 radical (unpaired) electrons. The summed E-state index contributed by atoms with van der Waals surface area (Å²) >= 11 is 12.0. The Bertz CT molecular complexity index is 824. The molecule has 122 valence electrons. The highest BCUT2D eigenvalue weighted by Gasteiger charge is 2.07. The number of nitrogens with one attached hydrogen (secondary N) is 1. The van der Waals surface area contributed by atoms with Gasteiger partial charge in [0.2, 0.25) is 5.95 Å². The Morgan fingerprint density at radius 3 is 2.54 bits per heavy atom. The van der Waals surface area contributed by atoms with E-state index in [1.807, 2.05) is 37.4 Å². The molecule has 1 N–H and O–H groups in total. The molecule has 24 heavy (non-hydrogen) atoms. The van der Waals surface area contributed by atoms with Crippen molar-refractivity contribution in [3.63, 3.8) is 0 Å². The van der Waals surface area contributed by atoms with Gasteiger partial charge in [0, 0.05) is 25.5 Å². The first-order valence-corrected chi connectivity index (χ1v) is 8.17. The van der Waals surface area contributed by atoms with Gasteiger partial charge in [-0.1, -0.05) is 53.5 Å². The van der Waals surface area contributed by atoms with Crippen molar-refractivity contribution in [1.82, 2.24) is 9.97 Å². The second kappa shape index (κ2) is 7.51. The van der Waals surface area contributed by atoms with Gasteiger partial charge in [-0.15, -0.1) is 0 Å². The molecule has 0 aliphatic rings. The molecule has 4 nitrogen and oxygen atoms in total. The van der Waals surface area contributed by atoms with Crippen LogP contribution in [0.1, 0.15) is 5.56 Å². The number of anilines is 3. The number of halogens is 2.